The third kappa shape index (κ3) is 4.51. The van der Waals surface area contributed by atoms with E-state index in [1.807, 2.05) is 38.1 Å². The molecule has 0 saturated carbocycles. The van der Waals surface area contributed by atoms with Gasteiger partial charge in [0.2, 0.25) is 0 Å². The molecule has 2 bridgehead atoms. The molecule has 35 heavy (non-hydrogen) atoms. The second-order valence-corrected chi connectivity index (χ2v) is 9.73. The number of nitrogens with one attached hydrogen (secondary N) is 1. The van der Waals surface area contributed by atoms with Crippen LogP contribution in [0.3, 0.4) is 0 Å². The third-order valence-electron chi connectivity index (χ3n) is 7.15. The Hall–Kier alpha value is -3.01. The highest BCUT2D eigenvalue weighted by molar-refractivity contribution is 5.75. The summed E-state index contributed by atoms with van der Waals surface area (Å²) in [5, 5.41) is 17.1. The number of aromatic nitrogens is 3. The number of aliphatic hydroxyl groups excluding tert-OH is 1. The van der Waals surface area contributed by atoms with Crippen LogP contribution >= 0.6 is 0 Å². The van der Waals surface area contributed by atoms with E-state index >= 15 is 0 Å². The molecule has 1 aromatic carbocycles. The average Bonchev–Trinajstić information content (AvgIpc) is 3.52. The number of hydrogen-bond acceptors (Lipinski definition) is 9. The third-order valence-corrected chi connectivity index (χ3v) is 7.15. The van der Waals surface area contributed by atoms with E-state index in [2.05, 4.69) is 34.2 Å². The molecule has 2 saturated heterocycles. The van der Waals surface area contributed by atoms with Crippen LogP contribution in [0.1, 0.15) is 23.4 Å². The molecule has 9 heteroatoms. The summed E-state index contributed by atoms with van der Waals surface area (Å²) in [5.41, 5.74) is 4.51. The number of nitrogens with zero attached hydrogens (tertiary/aromatic N) is 5. The van der Waals surface area contributed by atoms with E-state index in [4.69, 9.17) is 19.2 Å². The second kappa shape index (κ2) is 9.56. The first kappa shape index (κ1) is 23.7. The van der Waals surface area contributed by atoms with Gasteiger partial charge in [-0.15, -0.1) is 0 Å². The van der Waals surface area contributed by atoms with Crippen LogP contribution in [0.25, 0.3) is 22.6 Å². The first-order valence-corrected chi connectivity index (χ1v) is 12.2. The molecule has 0 radical (unpaired) electrons. The Labute approximate surface area is 206 Å². The zero-order valence-electron chi connectivity index (χ0n) is 21.1. The van der Waals surface area contributed by atoms with Gasteiger partial charge >= 0.3 is 0 Å². The number of piperazine rings is 1. The second-order valence-electron chi connectivity index (χ2n) is 9.73. The van der Waals surface area contributed by atoms with Gasteiger partial charge < -0.3 is 24.6 Å². The standard InChI is InChI=1S/C26H34N6O3/c1-15-24(23-16(2)30-35-17(23)3)28-25(29-26(15)32-13-19-10-20(32)12-31(19)5)18-7-6-8-22(9-18)34-14-21(33)11-27-4/h6-9,19-21,27,33H,10-14H2,1-5H3/t19?,20-,21?/m0/s1. The molecule has 0 aliphatic carbocycles. The molecule has 3 aromatic rings. The summed E-state index contributed by atoms with van der Waals surface area (Å²) in [7, 11) is 4.01. The van der Waals surface area contributed by atoms with Crippen molar-refractivity contribution in [3.8, 4) is 28.4 Å². The van der Waals surface area contributed by atoms with Crippen LogP contribution in [0.2, 0.25) is 0 Å². The highest BCUT2D eigenvalue weighted by atomic mass is 16.5. The monoisotopic (exact) mass is 478 g/mol. The number of ether oxygens (including phenoxy) is 1. The molecule has 2 aliphatic heterocycles. The SMILES string of the molecule is CNCC(O)COc1cccc(-c2nc(-c3c(C)noc3C)c(C)c(N3CC4C[C@H]3CN4C)n2)c1. The molecule has 4 heterocycles. The molecule has 2 aromatic heterocycles. The van der Waals surface area contributed by atoms with Gasteiger partial charge in [0.25, 0.3) is 0 Å². The van der Waals surface area contributed by atoms with Gasteiger partial charge in [-0.1, -0.05) is 17.3 Å². The molecular formula is C26H34N6O3. The van der Waals surface area contributed by atoms with E-state index in [-0.39, 0.29) is 6.61 Å². The largest absolute Gasteiger partial charge is 0.491 e. The highest BCUT2D eigenvalue weighted by Crippen LogP contribution is 2.39. The number of fused-ring (bicyclic) bond motifs is 2. The van der Waals surface area contributed by atoms with Crippen LogP contribution < -0.4 is 15.0 Å². The predicted octanol–water partition coefficient (Wildman–Crippen LogP) is 2.58. The Morgan fingerprint density at radius 3 is 2.69 bits per heavy atom. The van der Waals surface area contributed by atoms with Gasteiger partial charge in [0.1, 0.15) is 30.0 Å². The summed E-state index contributed by atoms with van der Waals surface area (Å²) in [6.07, 6.45) is 0.578. The molecule has 2 unspecified atom stereocenters. The van der Waals surface area contributed by atoms with Crippen molar-refractivity contribution < 1.29 is 14.4 Å². The summed E-state index contributed by atoms with van der Waals surface area (Å²) in [4.78, 5) is 15.0. The zero-order valence-corrected chi connectivity index (χ0v) is 21.1. The van der Waals surface area contributed by atoms with Crippen LogP contribution in [0.15, 0.2) is 28.8 Å². The maximum absolute atomic E-state index is 10.0. The van der Waals surface area contributed by atoms with E-state index in [9.17, 15) is 5.11 Å². The van der Waals surface area contributed by atoms with Gasteiger partial charge in [-0.3, -0.25) is 4.90 Å². The van der Waals surface area contributed by atoms with Gasteiger partial charge in [0.05, 0.1) is 17.0 Å². The van der Waals surface area contributed by atoms with Crippen molar-refractivity contribution in [1.29, 1.82) is 0 Å². The van der Waals surface area contributed by atoms with E-state index in [1.165, 1.54) is 0 Å². The Morgan fingerprint density at radius 2 is 2.03 bits per heavy atom. The molecule has 0 amide bonds. The Balaban J connectivity index is 1.55. The first-order valence-electron chi connectivity index (χ1n) is 12.2. The quantitative estimate of drug-likeness (QED) is 0.506. The van der Waals surface area contributed by atoms with Crippen LogP contribution in [0.4, 0.5) is 5.82 Å². The van der Waals surface area contributed by atoms with Gasteiger partial charge in [-0.25, -0.2) is 9.97 Å². The molecular weight excluding hydrogens is 444 g/mol. The van der Waals surface area contributed by atoms with Crippen molar-refractivity contribution in [1.82, 2.24) is 25.3 Å². The number of aryl methyl sites for hydroxylation is 2. The Morgan fingerprint density at radius 1 is 1.20 bits per heavy atom. The summed E-state index contributed by atoms with van der Waals surface area (Å²) >= 11 is 0. The number of anilines is 1. The minimum absolute atomic E-state index is 0.207. The summed E-state index contributed by atoms with van der Waals surface area (Å²) in [6, 6.07) is 8.75. The summed E-state index contributed by atoms with van der Waals surface area (Å²) in [5.74, 6) is 3.03. The lowest BCUT2D eigenvalue weighted by atomic mass is 10.0. The van der Waals surface area contributed by atoms with Crippen molar-refractivity contribution in [2.45, 2.75) is 45.4 Å². The lowest BCUT2D eigenvalue weighted by molar-refractivity contribution is 0.108. The predicted molar refractivity (Wildman–Crippen MR) is 135 cm³/mol. The molecule has 186 valence electrons. The van der Waals surface area contributed by atoms with Crippen LogP contribution in [-0.4, -0.2) is 83.7 Å². The van der Waals surface area contributed by atoms with Gasteiger partial charge in [-0.2, -0.15) is 0 Å². The van der Waals surface area contributed by atoms with Crippen molar-refractivity contribution in [2.24, 2.45) is 0 Å². The van der Waals surface area contributed by atoms with Crippen LogP contribution in [0.5, 0.6) is 5.75 Å². The highest BCUT2D eigenvalue weighted by Gasteiger charge is 2.43. The van der Waals surface area contributed by atoms with Crippen molar-refractivity contribution in [2.75, 3.05) is 45.2 Å². The Bertz CT molecular complexity index is 1190. The number of benzene rings is 1. The fourth-order valence-corrected chi connectivity index (χ4v) is 5.32. The smallest absolute Gasteiger partial charge is 0.162 e. The number of likely N-dealkylation sites (N-methyl/N-ethyl adjacent to an activating group) is 2. The number of likely N-dealkylation sites (tertiary alicyclic amines) is 1. The lowest BCUT2D eigenvalue weighted by Crippen LogP contribution is -2.45. The van der Waals surface area contributed by atoms with Crippen LogP contribution in [-0.2, 0) is 0 Å². The zero-order chi connectivity index (χ0) is 24.7. The fourth-order valence-electron chi connectivity index (χ4n) is 5.32. The van der Waals surface area contributed by atoms with E-state index < -0.39 is 6.10 Å². The topological polar surface area (TPSA) is 99.8 Å². The minimum Gasteiger partial charge on any atom is -0.491 e. The molecule has 0 spiro atoms. The molecule has 2 fully saturated rings. The maximum Gasteiger partial charge on any atom is 0.162 e. The molecule has 2 N–H and O–H groups in total. The van der Waals surface area contributed by atoms with E-state index in [0.717, 1.165) is 59.2 Å². The average molecular weight is 479 g/mol. The number of aliphatic hydroxyl groups is 1. The maximum atomic E-state index is 10.0. The molecule has 5 rings (SSSR count). The minimum atomic E-state index is -0.583. The lowest BCUT2D eigenvalue weighted by Gasteiger charge is -2.34. The molecule has 3 atom stereocenters. The first-order chi connectivity index (χ1) is 16.9. The normalized spacial score (nSPS) is 20.6. The number of rotatable bonds is 8. The summed E-state index contributed by atoms with van der Waals surface area (Å²) in [6.45, 7) is 8.66. The van der Waals surface area contributed by atoms with Crippen molar-refractivity contribution in [3.05, 3.63) is 41.3 Å². The number of hydrogen-bond donors (Lipinski definition) is 2. The van der Waals surface area contributed by atoms with Gasteiger partial charge in [0.15, 0.2) is 5.82 Å². The molecule has 2 aliphatic rings. The van der Waals surface area contributed by atoms with Crippen molar-refractivity contribution >= 4 is 5.82 Å². The van der Waals surface area contributed by atoms with Gasteiger partial charge in [0, 0.05) is 42.8 Å². The van der Waals surface area contributed by atoms with E-state index in [0.29, 0.717) is 30.2 Å². The Kier molecular flexibility index (Phi) is 6.48. The van der Waals surface area contributed by atoms with Crippen molar-refractivity contribution in [3.63, 3.8) is 0 Å². The van der Waals surface area contributed by atoms with Gasteiger partial charge in [-0.05, 0) is 53.4 Å². The van der Waals surface area contributed by atoms with E-state index in [1.54, 1.807) is 7.05 Å². The van der Waals surface area contributed by atoms with Crippen LogP contribution in [0, 0.1) is 20.8 Å². The summed E-state index contributed by atoms with van der Waals surface area (Å²) < 4.78 is 11.3. The molecule has 9 nitrogen and oxygen atoms in total. The fraction of sp³-hybridized carbons (Fsp3) is 0.500.